The van der Waals surface area contributed by atoms with Gasteiger partial charge in [0.1, 0.15) is 0 Å². The van der Waals surface area contributed by atoms with Crippen LogP contribution in [-0.2, 0) is 4.74 Å². The SMILES string of the molecule is CCCCOCC(S)CN1CCCCC1. The van der Waals surface area contributed by atoms with Crippen molar-refractivity contribution >= 4 is 12.6 Å². The van der Waals surface area contributed by atoms with Gasteiger partial charge in [-0.25, -0.2) is 0 Å². The van der Waals surface area contributed by atoms with Gasteiger partial charge in [-0.05, 0) is 32.4 Å². The standard InChI is InChI=1S/C12H25NOS/c1-2-3-9-14-11-12(15)10-13-7-5-4-6-8-13/h12,15H,2-11H2,1H3. The number of piperidine rings is 1. The number of unbranched alkanes of at least 4 members (excludes halogenated alkanes) is 1. The summed E-state index contributed by atoms with van der Waals surface area (Å²) in [4.78, 5) is 2.52. The van der Waals surface area contributed by atoms with Gasteiger partial charge in [-0.1, -0.05) is 19.8 Å². The largest absolute Gasteiger partial charge is 0.380 e. The van der Waals surface area contributed by atoms with E-state index in [1.54, 1.807) is 0 Å². The lowest BCUT2D eigenvalue weighted by molar-refractivity contribution is 0.119. The molecule has 0 aliphatic carbocycles. The monoisotopic (exact) mass is 231 g/mol. The molecule has 0 aromatic carbocycles. The summed E-state index contributed by atoms with van der Waals surface area (Å²) in [5.74, 6) is 0. The molecular weight excluding hydrogens is 206 g/mol. The number of hydrogen-bond donors (Lipinski definition) is 1. The second kappa shape index (κ2) is 8.43. The Balaban J connectivity index is 1.98. The Morgan fingerprint density at radius 1 is 1.27 bits per heavy atom. The quantitative estimate of drug-likeness (QED) is 0.534. The molecule has 1 fully saturated rings. The van der Waals surface area contributed by atoms with Crippen LogP contribution in [0, 0.1) is 0 Å². The highest BCUT2D eigenvalue weighted by Crippen LogP contribution is 2.10. The first-order valence-corrected chi connectivity index (χ1v) is 6.82. The van der Waals surface area contributed by atoms with Crippen LogP contribution in [0.1, 0.15) is 39.0 Å². The summed E-state index contributed by atoms with van der Waals surface area (Å²) in [6.45, 7) is 7.50. The lowest BCUT2D eigenvalue weighted by Gasteiger charge is -2.28. The van der Waals surface area contributed by atoms with Crippen molar-refractivity contribution in [3.05, 3.63) is 0 Å². The van der Waals surface area contributed by atoms with Crippen molar-refractivity contribution in [2.45, 2.75) is 44.3 Å². The zero-order chi connectivity index (χ0) is 10.9. The first kappa shape index (κ1) is 13.3. The molecule has 1 rings (SSSR count). The third kappa shape index (κ3) is 6.44. The van der Waals surface area contributed by atoms with Crippen LogP contribution in [0.2, 0.25) is 0 Å². The molecule has 0 N–H and O–H groups in total. The Hall–Kier alpha value is 0.270. The number of hydrogen-bond acceptors (Lipinski definition) is 3. The first-order valence-electron chi connectivity index (χ1n) is 6.31. The number of nitrogens with zero attached hydrogens (tertiary/aromatic N) is 1. The predicted molar refractivity (Wildman–Crippen MR) is 68.8 cm³/mol. The van der Waals surface area contributed by atoms with Crippen molar-refractivity contribution in [1.29, 1.82) is 0 Å². The maximum Gasteiger partial charge on any atom is 0.0594 e. The zero-order valence-electron chi connectivity index (χ0n) is 9.95. The van der Waals surface area contributed by atoms with Gasteiger partial charge in [0.15, 0.2) is 0 Å². The minimum atomic E-state index is 0.389. The van der Waals surface area contributed by atoms with E-state index in [4.69, 9.17) is 4.74 Å². The van der Waals surface area contributed by atoms with E-state index >= 15 is 0 Å². The van der Waals surface area contributed by atoms with Gasteiger partial charge in [-0.2, -0.15) is 12.6 Å². The van der Waals surface area contributed by atoms with Crippen molar-refractivity contribution in [3.8, 4) is 0 Å². The molecule has 2 nitrogen and oxygen atoms in total. The third-order valence-corrected chi connectivity index (χ3v) is 3.18. The van der Waals surface area contributed by atoms with E-state index in [0.717, 1.165) is 19.8 Å². The number of rotatable bonds is 7. The molecule has 0 spiro atoms. The lowest BCUT2D eigenvalue weighted by atomic mass is 10.1. The second-order valence-corrected chi connectivity index (χ2v) is 5.17. The second-order valence-electron chi connectivity index (χ2n) is 4.44. The molecule has 0 aromatic heterocycles. The number of ether oxygens (including phenoxy) is 1. The average Bonchev–Trinajstić information content (AvgIpc) is 2.26. The van der Waals surface area contributed by atoms with Gasteiger partial charge in [0, 0.05) is 18.4 Å². The highest BCUT2D eigenvalue weighted by Gasteiger charge is 2.13. The molecule has 1 heterocycles. The van der Waals surface area contributed by atoms with Gasteiger partial charge in [0.25, 0.3) is 0 Å². The van der Waals surface area contributed by atoms with Gasteiger partial charge >= 0.3 is 0 Å². The molecule has 1 aliphatic heterocycles. The van der Waals surface area contributed by atoms with Gasteiger partial charge in [-0.3, -0.25) is 0 Å². The Labute approximate surface area is 99.8 Å². The molecule has 15 heavy (non-hydrogen) atoms. The topological polar surface area (TPSA) is 12.5 Å². The maximum absolute atomic E-state index is 5.57. The minimum Gasteiger partial charge on any atom is -0.380 e. The Bertz CT molecular complexity index is 149. The van der Waals surface area contributed by atoms with Crippen LogP contribution < -0.4 is 0 Å². The van der Waals surface area contributed by atoms with Crippen molar-refractivity contribution in [3.63, 3.8) is 0 Å². The van der Waals surface area contributed by atoms with Gasteiger partial charge in [0.05, 0.1) is 6.61 Å². The van der Waals surface area contributed by atoms with Crippen LogP contribution in [0.4, 0.5) is 0 Å². The van der Waals surface area contributed by atoms with Crippen LogP contribution in [0.5, 0.6) is 0 Å². The van der Waals surface area contributed by atoms with E-state index in [1.807, 2.05) is 0 Å². The molecule has 0 amide bonds. The van der Waals surface area contributed by atoms with E-state index in [9.17, 15) is 0 Å². The van der Waals surface area contributed by atoms with Gasteiger partial charge in [0.2, 0.25) is 0 Å². The number of thiol groups is 1. The molecule has 0 bridgehead atoms. The molecule has 90 valence electrons. The van der Waals surface area contributed by atoms with E-state index in [1.165, 1.54) is 45.2 Å². The number of likely N-dealkylation sites (tertiary alicyclic amines) is 1. The maximum atomic E-state index is 5.57. The lowest BCUT2D eigenvalue weighted by Crippen LogP contribution is -2.36. The summed E-state index contributed by atoms with van der Waals surface area (Å²) in [6, 6.07) is 0. The highest BCUT2D eigenvalue weighted by molar-refractivity contribution is 7.81. The van der Waals surface area contributed by atoms with Gasteiger partial charge in [-0.15, -0.1) is 0 Å². The molecule has 3 heteroatoms. The van der Waals surface area contributed by atoms with E-state index in [2.05, 4.69) is 24.5 Å². The summed E-state index contributed by atoms with van der Waals surface area (Å²) in [7, 11) is 0. The molecule has 1 atom stereocenters. The van der Waals surface area contributed by atoms with Crippen LogP contribution in [0.3, 0.4) is 0 Å². The van der Waals surface area contributed by atoms with Crippen molar-refractivity contribution in [1.82, 2.24) is 4.90 Å². The van der Waals surface area contributed by atoms with Crippen LogP contribution >= 0.6 is 12.6 Å². The zero-order valence-corrected chi connectivity index (χ0v) is 10.8. The predicted octanol–water partition coefficient (Wildman–Crippen LogP) is 2.59. The highest BCUT2D eigenvalue weighted by atomic mass is 32.1. The summed E-state index contributed by atoms with van der Waals surface area (Å²) in [5, 5.41) is 0.389. The molecular formula is C12H25NOS. The Morgan fingerprint density at radius 3 is 2.67 bits per heavy atom. The Kier molecular flexibility index (Phi) is 7.49. The Morgan fingerprint density at radius 2 is 2.00 bits per heavy atom. The average molecular weight is 231 g/mol. The molecule has 0 radical (unpaired) electrons. The molecule has 0 aromatic rings. The smallest absolute Gasteiger partial charge is 0.0594 e. The fraction of sp³-hybridized carbons (Fsp3) is 1.00. The van der Waals surface area contributed by atoms with E-state index in [0.29, 0.717) is 5.25 Å². The van der Waals surface area contributed by atoms with Crippen LogP contribution in [-0.4, -0.2) is 43.0 Å². The fourth-order valence-electron chi connectivity index (χ4n) is 1.96. The van der Waals surface area contributed by atoms with Crippen molar-refractivity contribution < 1.29 is 4.74 Å². The summed E-state index contributed by atoms with van der Waals surface area (Å²) in [5.41, 5.74) is 0. The first-order chi connectivity index (χ1) is 7.33. The molecule has 1 saturated heterocycles. The fourth-order valence-corrected chi connectivity index (χ4v) is 2.29. The summed E-state index contributed by atoms with van der Waals surface area (Å²) in [6.07, 6.45) is 6.50. The van der Waals surface area contributed by atoms with Gasteiger partial charge < -0.3 is 9.64 Å². The van der Waals surface area contributed by atoms with Crippen molar-refractivity contribution in [2.75, 3.05) is 32.8 Å². The summed E-state index contributed by atoms with van der Waals surface area (Å²) < 4.78 is 5.57. The molecule has 0 saturated carbocycles. The molecule has 1 unspecified atom stereocenters. The van der Waals surface area contributed by atoms with Crippen molar-refractivity contribution in [2.24, 2.45) is 0 Å². The van der Waals surface area contributed by atoms with Crippen LogP contribution in [0.25, 0.3) is 0 Å². The summed E-state index contributed by atoms with van der Waals surface area (Å²) >= 11 is 4.58. The normalized spacial score (nSPS) is 20.4. The van der Waals surface area contributed by atoms with Crippen LogP contribution in [0.15, 0.2) is 0 Å². The third-order valence-electron chi connectivity index (χ3n) is 2.87. The minimum absolute atomic E-state index is 0.389. The molecule has 1 aliphatic rings. The van der Waals surface area contributed by atoms with E-state index in [-0.39, 0.29) is 0 Å². The van der Waals surface area contributed by atoms with E-state index < -0.39 is 0 Å².